The van der Waals surface area contributed by atoms with E-state index in [1.54, 1.807) is 17.9 Å². The Balaban J connectivity index is 2.16. The van der Waals surface area contributed by atoms with Crippen LogP contribution in [0.2, 0.25) is 0 Å². The number of H-pyrrole nitrogens is 1. The molecule has 84 valence electrons. The quantitative estimate of drug-likeness (QED) is 0.676. The van der Waals surface area contributed by atoms with Gasteiger partial charge in [-0.2, -0.15) is 10.2 Å². The Hall–Kier alpha value is -2.31. The van der Waals surface area contributed by atoms with Crippen molar-refractivity contribution in [3.63, 3.8) is 0 Å². The fraction of sp³-hybridized carbons (Fsp3) is 0.222. The zero-order chi connectivity index (χ0) is 11.7. The molecule has 16 heavy (non-hydrogen) atoms. The van der Waals surface area contributed by atoms with Crippen LogP contribution in [-0.4, -0.2) is 25.9 Å². The van der Waals surface area contributed by atoms with Crippen molar-refractivity contribution in [2.24, 2.45) is 7.05 Å². The van der Waals surface area contributed by atoms with Crippen LogP contribution in [0.15, 0.2) is 12.3 Å². The summed E-state index contributed by atoms with van der Waals surface area (Å²) in [4.78, 5) is 11.7. The van der Waals surface area contributed by atoms with Gasteiger partial charge < -0.3 is 11.1 Å². The fourth-order valence-corrected chi connectivity index (χ4v) is 1.37. The van der Waals surface area contributed by atoms with E-state index in [0.717, 1.165) is 5.69 Å². The lowest BCUT2D eigenvalue weighted by atomic mass is 10.3. The molecule has 4 N–H and O–H groups in total. The number of rotatable bonds is 2. The van der Waals surface area contributed by atoms with Crippen molar-refractivity contribution in [2.75, 3.05) is 11.1 Å². The molecule has 2 heterocycles. The average molecular weight is 220 g/mol. The van der Waals surface area contributed by atoms with Gasteiger partial charge in [0.25, 0.3) is 5.91 Å². The number of carbonyl (C=O) groups is 1. The van der Waals surface area contributed by atoms with Crippen LogP contribution in [0.25, 0.3) is 0 Å². The van der Waals surface area contributed by atoms with Crippen molar-refractivity contribution in [1.82, 2.24) is 20.0 Å². The van der Waals surface area contributed by atoms with Crippen LogP contribution in [0.1, 0.15) is 16.2 Å². The first-order chi connectivity index (χ1) is 7.56. The fourth-order valence-electron chi connectivity index (χ4n) is 1.37. The van der Waals surface area contributed by atoms with Gasteiger partial charge in [-0.25, -0.2) is 0 Å². The molecule has 1 amide bonds. The number of anilines is 2. The average Bonchev–Trinajstić information content (AvgIpc) is 2.74. The summed E-state index contributed by atoms with van der Waals surface area (Å²) in [5.74, 6) is -0.00615. The molecule has 0 saturated carbocycles. The second kappa shape index (κ2) is 3.69. The summed E-state index contributed by atoms with van der Waals surface area (Å²) >= 11 is 0. The van der Waals surface area contributed by atoms with Gasteiger partial charge in [-0.3, -0.25) is 14.6 Å². The van der Waals surface area contributed by atoms with Gasteiger partial charge in [-0.1, -0.05) is 0 Å². The SMILES string of the molecule is Cc1nn(C)cc1NC(=O)c1cc(N)n[nH]1. The molecule has 0 aliphatic carbocycles. The van der Waals surface area contributed by atoms with Crippen molar-refractivity contribution in [3.05, 3.63) is 23.7 Å². The first-order valence-corrected chi connectivity index (χ1v) is 4.69. The summed E-state index contributed by atoms with van der Waals surface area (Å²) in [6.45, 7) is 1.82. The molecule has 0 aromatic carbocycles. The minimum atomic E-state index is -0.291. The minimum absolute atomic E-state index is 0.285. The molecule has 0 atom stereocenters. The topological polar surface area (TPSA) is 102 Å². The van der Waals surface area contributed by atoms with Gasteiger partial charge in [0.15, 0.2) is 0 Å². The number of aryl methyl sites for hydroxylation is 2. The lowest BCUT2D eigenvalue weighted by Crippen LogP contribution is -2.12. The Bertz CT molecular complexity index is 526. The first kappa shape index (κ1) is 10.2. The number of carbonyl (C=O) groups excluding carboxylic acids is 1. The predicted molar refractivity (Wildman–Crippen MR) is 58.9 cm³/mol. The maximum absolute atomic E-state index is 11.7. The highest BCUT2D eigenvalue weighted by atomic mass is 16.1. The molecule has 2 aromatic heterocycles. The summed E-state index contributed by atoms with van der Waals surface area (Å²) in [6.07, 6.45) is 1.73. The zero-order valence-corrected chi connectivity index (χ0v) is 8.98. The van der Waals surface area contributed by atoms with E-state index >= 15 is 0 Å². The largest absolute Gasteiger partial charge is 0.382 e. The van der Waals surface area contributed by atoms with Gasteiger partial charge in [0.2, 0.25) is 0 Å². The second-order valence-corrected chi connectivity index (χ2v) is 3.46. The van der Waals surface area contributed by atoms with Gasteiger partial charge >= 0.3 is 0 Å². The van der Waals surface area contributed by atoms with Crippen LogP contribution in [0, 0.1) is 6.92 Å². The van der Waals surface area contributed by atoms with Crippen LogP contribution < -0.4 is 11.1 Å². The number of hydrogen-bond acceptors (Lipinski definition) is 4. The summed E-state index contributed by atoms with van der Waals surface area (Å²) in [5.41, 5.74) is 7.15. The number of aromatic amines is 1. The van der Waals surface area contributed by atoms with Crippen molar-refractivity contribution in [2.45, 2.75) is 6.92 Å². The van der Waals surface area contributed by atoms with E-state index in [4.69, 9.17) is 5.73 Å². The normalized spacial score (nSPS) is 10.4. The molecule has 0 aliphatic rings. The number of nitrogens with one attached hydrogen (secondary N) is 2. The molecule has 0 fully saturated rings. The first-order valence-electron chi connectivity index (χ1n) is 4.69. The van der Waals surface area contributed by atoms with Crippen molar-refractivity contribution in [1.29, 1.82) is 0 Å². The van der Waals surface area contributed by atoms with Crippen LogP contribution in [-0.2, 0) is 7.05 Å². The molecular weight excluding hydrogens is 208 g/mol. The summed E-state index contributed by atoms with van der Waals surface area (Å²) in [6, 6.07) is 1.47. The minimum Gasteiger partial charge on any atom is -0.382 e. The Morgan fingerprint density at radius 2 is 2.38 bits per heavy atom. The predicted octanol–water partition coefficient (Wildman–Crippen LogP) is 0.286. The third kappa shape index (κ3) is 1.88. The zero-order valence-electron chi connectivity index (χ0n) is 8.98. The van der Waals surface area contributed by atoms with Crippen LogP contribution in [0.5, 0.6) is 0 Å². The molecule has 0 radical (unpaired) electrons. The Kier molecular flexibility index (Phi) is 2.35. The molecule has 2 rings (SSSR count). The standard InChI is InChI=1S/C9H12N6O/c1-5-7(4-15(2)14-5)11-9(16)6-3-8(10)13-12-6/h3-4H,1-2H3,(H,11,16)(H3,10,12,13). The van der Waals surface area contributed by atoms with Crippen LogP contribution >= 0.6 is 0 Å². The molecule has 0 bridgehead atoms. The third-order valence-electron chi connectivity index (χ3n) is 2.10. The molecule has 0 unspecified atom stereocenters. The molecule has 2 aromatic rings. The molecule has 7 nitrogen and oxygen atoms in total. The number of nitrogens with zero attached hydrogens (tertiary/aromatic N) is 3. The molecule has 0 aliphatic heterocycles. The van der Waals surface area contributed by atoms with Crippen molar-refractivity contribution in [3.8, 4) is 0 Å². The van der Waals surface area contributed by atoms with E-state index in [-0.39, 0.29) is 11.7 Å². The molecular formula is C9H12N6O. The van der Waals surface area contributed by atoms with Gasteiger partial charge in [0.05, 0.1) is 11.4 Å². The maximum atomic E-state index is 11.7. The van der Waals surface area contributed by atoms with E-state index in [1.807, 2.05) is 6.92 Å². The number of nitrogens with two attached hydrogens (primary N) is 1. The van der Waals surface area contributed by atoms with E-state index in [2.05, 4.69) is 20.6 Å². The Morgan fingerprint density at radius 3 is 2.88 bits per heavy atom. The van der Waals surface area contributed by atoms with Gasteiger partial charge in [-0.05, 0) is 6.92 Å². The highest BCUT2D eigenvalue weighted by Crippen LogP contribution is 2.12. The third-order valence-corrected chi connectivity index (χ3v) is 2.10. The number of amides is 1. The number of aromatic nitrogens is 4. The monoisotopic (exact) mass is 220 g/mol. The van der Waals surface area contributed by atoms with Crippen molar-refractivity contribution < 1.29 is 4.79 Å². The summed E-state index contributed by atoms with van der Waals surface area (Å²) in [5, 5.41) is 13.0. The van der Waals surface area contributed by atoms with E-state index < -0.39 is 0 Å². The smallest absolute Gasteiger partial charge is 0.273 e. The number of nitrogen functional groups attached to an aromatic ring is 1. The molecule has 0 spiro atoms. The Labute approximate surface area is 91.6 Å². The lowest BCUT2D eigenvalue weighted by Gasteiger charge is -1.99. The second-order valence-electron chi connectivity index (χ2n) is 3.46. The van der Waals surface area contributed by atoms with Gasteiger partial charge in [-0.15, -0.1) is 0 Å². The van der Waals surface area contributed by atoms with Gasteiger partial charge in [0.1, 0.15) is 11.5 Å². The van der Waals surface area contributed by atoms with E-state index in [0.29, 0.717) is 11.4 Å². The van der Waals surface area contributed by atoms with E-state index in [9.17, 15) is 4.79 Å². The maximum Gasteiger partial charge on any atom is 0.273 e. The lowest BCUT2D eigenvalue weighted by molar-refractivity contribution is 0.102. The Morgan fingerprint density at radius 1 is 1.62 bits per heavy atom. The van der Waals surface area contributed by atoms with Crippen LogP contribution in [0.4, 0.5) is 11.5 Å². The highest BCUT2D eigenvalue weighted by Gasteiger charge is 2.11. The molecule has 7 heteroatoms. The molecule has 0 saturated heterocycles. The van der Waals surface area contributed by atoms with Crippen LogP contribution in [0.3, 0.4) is 0 Å². The van der Waals surface area contributed by atoms with E-state index in [1.165, 1.54) is 6.07 Å². The highest BCUT2D eigenvalue weighted by molar-refractivity contribution is 6.03. The summed E-state index contributed by atoms with van der Waals surface area (Å²) < 4.78 is 1.63. The van der Waals surface area contributed by atoms with Gasteiger partial charge in [0, 0.05) is 19.3 Å². The number of hydrogen-bond donors (Lipinski definition) is 3. The summed E-state index contributed by atoms with van der Waals surface area (Å²) in [7, 11) is 1.79. The van der Waals surface area contributed by atoms with Crippen molar-refractivity contribution >= 4 is 17.4 Å².